The van der Waals surface area contributed by atoms with Gasteiger partial charge in [0.05, 0.1) is 15.8 Å². The second-order valence-electron chi connectivity index (χ2n) is 9.50. The van der Waals surface area contributed by atoms with Crippen molar-refractivity contribution in [3.63, 3.8) is 0 Å². The lowest BCUT2D eigenvalue weighted by atomic mass is 10.0. The van der Waals surface area contributed by atoms with E-state index in [0.29, 0.717) is 27.2 Å². The average molecular weight is 579 g/mol. The number of nitrogens with zero attached hydrogens (tertiary/aromatic N) is 2. The number of allylic oxidation sites excluding steroid dienone is 1. The highest BCUT2D eigenvalue weighted by Gasteiger charge is 2.34. The van der Waals surface area contributed by atoms with E-state index in [9.17, 15) is 9.59 Å². The van der Waals surface area contributed by atoms with Gasteiger partial charge in [-0.1, -0.05) is 90.2 Å². The van der Waals surface area contributed by atoms with E-state index < -0.39 is 12.0 Å². The van der Waals surface area contributed by atoms with Gasteiger partial charge in [-0.05, 0) is 53.3 Å². The number of thiazole rings is 1. The van der Waals surface area contributed by atoms with Gasteiger partial charge in [-0.15, -0.1) is 11.3 Å². The summed E-state index contributed by atoms with van der Waals surface area (Å²) >= 11 is 2.81. The smallest absolute Gasteiger partial charge is 0.338 e. The molecule has 0 saturated heterocycles. The Kier molecular flexibility index (Phi) is 7.75. The van der Waals surface area contributed by atoms with E-state index in [4.69, 9.17) is 9.47 Å². The van der Waals surface area contributed by atoms with Crippen molar-refractivity contribution in [3.8, 4) is 5.75 Å². The summed E-state index contributed by atoms with van der Waals surface area (Å²) in [5.74, 6) is 0.272. The molecule has 0 radical (unpaired) electrons. The Morgan fingerprint density at radius 1 is 0.902 bits per heavy atom. The number of aromatic nitrogens is 1. The van der Waals surface area contributed by atoms with Crippen LogP contribution in [0.25, 0.3) is 6.08 Å². The highest BCUT2D eigenvalue weighted by Crippen LogP contribution is 2.33. The van der Waals surface area contributed by atoms with Crippen LogP contribution in [0, 0.1) is 0 Å². The van der Waals surface area contributed by atoms with Crippen LogP contribution in [0.5, 0.6) is 5.75 Å². The molecule has 8 heteroatoms. The molecule has 1 aliphatic rings. The Morgan fingerprint density at radius 3 is 2.24 bits per heavy atom. The summed E-state index contributed by atoms with van der Waals surface area (Å²) < 4.78 is 13.7. The highest BCUT2D eigenvalue weighted by molar-refractivity contribution is 7.10. The van der Waals surface area contributed by atoms with E-state index in [1.165, 1.54) is 22.7 Å². The molecule has 0 saturated carbocycles. The Labute approximate surface area is 244 Å². The lowest BCUT2D eigenvalue weighted by molar-refractivity contribution is -0.140. The maximum atomic E-state index is 13.8. The number of fused-ring (bicyclic) bond motifs is 1. The molecule has 5 aromatic rings. The third-order valence-corrected chi connectivity index (χ3v) is 8.60. The predicted octanol–water partition coefficient (Wildman–Crippen LogP) is 5.62. The summed E-state index contributed by atoms with van der Waals surface area (Å²) in [6.45, 7) is 2.42. The fraction of sp³-hybridized carbons (Fsp3) is 0.121. The third kappa shape index (κ3) is 5.84. The molecular formula is C33H26N2O4S2. The zero-order valence-electron chi connectivity index (χ0n) is 22.2. The molecule has 3 heterocycles. The van der Waals surface area contributed by atoms with Gasteiger partial charge in [0.1, 0.15) is 25.0 Å². The van der Waals surface area contributed by atoms with Crippen LogP contribution in [0.3, 0.4) is 0 Å². The Hall–Kier alpha value is -4.53. The first-order valence-corrected chi connectivity index (χ1v) is 14.8. The molecule has 6 rings (SSSR count). The molecule has 0 fully saturated rings. The van der Waals surface area contributed by atoms with Crippen molar-refractivity contribution in [1.82, 2.24) is 4.57 Å². The van der Waals surface area contributed by atoms with Crippen LogP contribution in [-0.4, -0.2) is 10.5 Å². The Balaban J connectivity index is 1.29. The largest absolute Gasteiger partial charge is 0.489 e. The Morgan fingerprint density at radius 2 is 1.59 bits per heavy atom. The molecule has 41 heavy (non-hydrogen) atoms. The molecule has 2 aromatic heterocycles. The number of ether oxygens (including phenoxy) is 2. The topological polar surface area (TPSA) is 69.9 Å². The quantitative estimate of drug-likeness (QED) is 0.224. The van der Waals surface area contributed by atoms with E-state index in [0.717, 1.165) is 27.3 Å². The van der Waals surface area contributed by atoms with Crippen LogP contribution < -0.4 is 19.6 Å². The van der Waals surface area contributed by atoms with Crippen LogP contribution in [0.4, 0.5) is 0 Å². The van der Waals surface area contributed by atoms with Crippen LogP contribution in [0.15, 0.2) is 123 Å². The number of hydrogen-bond acceptors (Lipinski definition) is 7. The molecular weight excluding hydrogens is 553 g/mol. The van der Waals surface area contributed by atoms with E-state index in [-0.39, 0.29) is 12.2 Å². The van der Waals surface area contributed by atoms with Gasteiger partial charge in [0.25, 0.3) is 5.56 Å². The molecule has 3 aromatic carbocycles. The predicted molar refractivity (Wildman–Crippen MR) is 162 cm³/mol. The SMILES string of the molecule is CC1=C(C(=O)OCc2ccccc2)C(c2cccs2)n2c(s/c(=C/c3ccc(OCc4ccccc4)cc3)c2=O)=N1. The monoisotopic (exact) mass is 578 g/mol. The summed E-state index contributed by atoms with van der Waals surface area (Å²) in [5.41, 5.74) is 3.58. The number of benzene rings is 3. The minimum Gasteiger partial charge on any atom is -0.489 e. The minimum atomic E-state index is -0.606. The molecule has 6 nitrogen and oxygen atoms in total. The van der Waals surface area contributed by atoms with Crippen molar-refractivity contribution in [3.05, 3.63) is 155 Å². The number of hydrogen-bond donors (Lipinski definition) is 0. The zero-order chi connectivity index (χ0) is 28.2. The highest BCUT2D eigenvalue weighted by atomic mass is 32.1. The summed E-state index contributed by atoms with van der Waals surface area (Å²) in [4.78, 5) is 33.3. The summed E-state index contributed by atoms with van der Waals surface area (Å²) in [6.07, 6.45) is 1.85. The lowest BCUT2D eigenvalue weighted by Gasteiger charge is -2.23. The maximum Gasteiger partial charge on any atom is 0.338 e. The average Bonchev–Trinajstić information content (AvgIpc) is 3.64. The maximum absolute atomic E-state index is 13.8. The van der Waals surface area contributed by atoms with Crippen molar-refractivity contribution in [2.75, 3.05) is 0 Å². The molecule has 1 unspecified atom stereocenters. The van der Waals surface area contributed by atoms with Crippen LogP contribution >= 0.6 is 22.7 Å². The molecule has 1 aliphatic heterocycles. The molecule has 0 N–H and O–H groups in total. The van der Waals surface area contributed by atoms with E-state index in [1.807, 2.05) is 109 Å². The van der Waals surface area contributed by atoms with Crippen LogP contribution in [0.2, 0.25) is 0 Å². The number of rotatable bonds is 8. The fourth-order valence-electron chi connectivity index (χ4n) is 4.65. The molecule has 0 bridgehead atoms. The first-order valence-electron chi connectivity index (χ1n) is 13.1. The van der Waals surface area contributed by atoms with Gasteiger partial charge in [0, 0.05) is 4.88 Å². The number of thiophene rings is 1. The standard InChI is InChI=1S/C33H26N2O4S2/c1-22-29(32(37)39-21-25-11-6-3-7-12-25)30(27-13-8-18-40-27)35-31(36)28(41-33(35)34-22)19-23-14-16-26(17-15-23)38-20-24-9-4-2-5-10-24/h2-19,30H,20-21H2,1H3/b28-19+. The Bertz CT molecular complexity index is 1870. The van der Waals surface area contributed by atoms with Crippen molar-refractivity contribution >= 4 is 34.7 Å². The summed E-state index contributed by atoms with van der Waals surface area (Å²) in [5, 5.41) is 1.94. The van der Waals surface area contributed by atoms with Gasteiger partial charge < -0.3 is 9.47 Å². The fourth-order valence-corrected chi connectivity index (χ4v) is 6.52. The number of carbonyl (C=O) groups is 1. The molecule has 1 atom stereocenters. The van der Waals surface area contributed by atoms with Crippen molar-refractivity contribution in [2.45, 2.75) is 26.2 Å². The van der Waals surface area contributed by atoms with E-state index in [2.05, 4.69) is 4.99 Å². The third-order valence-electron chi connectivity index (χ3n) is 6.69. The number of carbonyl (C=O) groups excluding carboxylic acids is 1. The van der Waals surface area contributed by atoms with E-state index >= 15 is 0 Å². The van der Waals surface area contributed by atoms with Gasteiger partial charge in [-0.2, -0.15) is 0 Å². The van der Waals surface area contributed by atoms with Crippen LogP contribution in [0.1, 0.15) is 34.5 Å². The molecule has 0 amide bonds. The number of esters is 1. The van der Waals surface area contributed by atoms with Gasteiger partial charge >= 0.3 is 5.97 Å². The summed E-state index contributed by atoms with van der Waals surface area (Å²) in [7, 11) is 0. The van der Waals surface area contributed by atoms with Gasteiger partial charge in [-0.25, -0.2) is 9.79 Å². The molecule has 0 aliphatic carbocycles. The molecule has 0 spiro atoms. The van der Waals surface area contributed by atoms with Gasteiger partial charge in [0.2, 0.25) is 0 Å². The zero-order valence-corrected chi connectivity index (χ0v) is 23.9. The van der Waals surface area contributed by atoms with Crippen LogP contribution in [-0.2, 0) is 22.7 Å². The second kappa shape index (κ2) is 11.9. The first-order chi connectivity index (χ1) is 20.1. The van der Waals surface area contributed by atoms with Gasteiger partial charge in [-0.3, -0.25) is 9.36 Å². The van der Waals surface area contributed by atoms with Crippen molar-refractivity contribution < 1.29 is 14.3 Å². The second-order valence-corrected chi connectivity index (χ2v) is 11.5. The van der Waals surface area contributed by atoms with Crippen molar-refractivity contribution in [1.29, 1.82) is 0 Å². The van der Waals surface area contributed by atoms with Gasteiger partial charge in [0.15, 0.2) is 4.80 Å². The van der Waals surface area contributed by atoms with Crippen molar-refractivity contribution in [2.24, 2.45) is 4.99 Å². The molecule has 204 valence electrons. The first kappa shape index (κ1) is 26.7. The normalized spacial score (nSPS) is 14.9. The van der Waals surface area contributed by atoms with E-state index in [1.54, 1.807) is 11.5 Å². The minimum absolute atomic E-state index is 0.142. The lowest BCUT2D eigenvalue weighted by Crippen LogP contribution is -2.39. The summed E-state index contributed by atoms with van der Waals surface area (Å²) in [6, 6.07) is 30.4.